The smallest absolute Gasteiger partial charge is 0.119 e. The first-order valence-electron chi connectivity index (χ1n) is 10.2. The van der Waals surface area contributed by atoms with Crippen molar-refractivity contribution in [2.24, 2.45) is 0 Å². The lowest BCUT2D eigenvalue weighted by atomic mass is 9.84. The van der Waals surface area contributed by atoms with Crippen molar-refractivity contribution in [3.05, 3.63) is 89.7 Å². The van der Waals surface area contributed by atoms with Crippen molar-refractivity contribution in [2.45, 2.75) is 5.92 Å². The number of hydrogen-bond donors (Lipinski definition) is 2. The normalized spacial score (nSPS) is 11.4. The summed E-state index contributed by atoms with van der Waals surface area (Å²) in [7, 11) is 5.07. The highest BCUT2D eigenvalue weighted by molar-refractivity contribution is 5.90. The van der Waals surface area contributed by atoms with Gasteiger partial charge in [-0.3, -0.25) is 0 Å². The largest absolute Gasteiger partial charge is 0.497 e. The van der Waals surface area contributed by atoms with Gasteiger partial charge >= 0.3 is 0 Å². The highest BCUT2D eigenvalue weighted by Crippen LogP contribution is 2.41. The van der Waals surface area contributed by atoms with Crippen molar-refractivity contribution in [1.82, 2.24) is 9.97 Å². The number of H-pyrrole nitrogens is 2. The van der Waals surface area contributed by atoms with Crippen LogP contribution in [0.25, 0.3) is 21.8 Å². The zero-order valence-corrected chi connectivity index (χ0v) is 17.7. The van der Waals surface area contributed by atoms with Gasteiger partial charge in [0, 0.05) is 40.1 Å². The van der Waals surface area contributed by atoms with Crippen LogP contribution in [0.3, 0.4) is 0 Å². The van der Waals surface area contributed by atoms with Gasteiger partial charge in [0.25, 0.3) is 0 Å². The van der Waals surface area contributed by atoms with Crippen LogP contribution in [0.1, 0.15) is 22.6 Å². The van der Waals surface area contributed by atoms with Crippen molar-refractivity contribution in [2.75, 3.05) is 21.3 Å². The van der Waals surface area contributed by atoms with E-state index in [-0.39, 0.29) is 5.92 Å². The maximum atomic E-state index is 5.50. The average Bonchev–Trinajstić information content (AvgIpc) is 3.43. The summed E-state index contributed by atoms with van der Waals surface area (Å²) in [5, 5.41) is 2.27. The van der Waals surface area contributed by atoms with Gasteiger partial charge in [0.15, 0.2) is 0 Å². The average molecular weight is 412 g/mol. The van der Waals surface area contributed by atoms with Gasteiger partial charge in [-0.15, -0.1) is 0 Å². The molecule has 2 N–H and O–H groups in total. The molecule has 0 unspecified atom stereocenters. The summed E-state index contributed by atoms with van der Waals surface area (Å²) in [6.07, 6.45) is 4.19. The molecule has 2 aromatic heterocycles. The molecule has 0 aliphatic carbocycles. The summed E-state index contributed by atoms with van der Waals surface area (Å²) < 4.78 is 16.4. The summed E-state index contributed by atoms with van der Waals surface area (Å²) in [4.78, 5) is 6.86. The van der Waals surface area contributed by atoms with Crippen molar-refractivity contribution in [3.63, 3.8) is 0 Å². The quantitative estimate of drug-likeness (QED) is 0.367. The van der Waals surface area contributed by atoms with Gasteiger partial charge in [-0.25, -0.2) is 0 Å². The number of benzene rings is 3. The van der Waals surface area contributed by atoms with Crippen LogP contribution in [0.2, 0.25) is 0 Å². The SMILES string of the molecule is COc1ccc(C(c2c[nH]c3ccc(OC)cc23)c2c[nH]c3ccc(OC)cc23)cc1. The molecule has 156 valence electrons. The van der Waals surface area contributed by atoms with E-state index in [4.69, 9.17) is 14.2 Å². The summed E-state index contributed by atoms with van der Waals surface area (Å²) in [6, 6.07) is 20.5. The maximum Gasteiger partial charge on any atom is 0.119 e. The van der Waals surface area contributed by atoms with Crippen LogP contribution < -0.4 is 14.2 Å². The molecule has 0 aliphatic rings. The second-order valence-electron chi connectivity index (χ2n) is 7.52. The van der Waals surface area contributed by atoms with Gasteiger partial charge in [-0.2, -0.15) is 0 Å². The van der Waals surface area contributed by atoms with Gasteiger partial charge in [0.1, 0.15) is 17.2 Å². The Balaban J connectivity index is 1.76. The Labute approximate surface area is 180 Å². The molecule has 5 aromatic rings. The molecule has 0 aliphatic heterocycles. The third-order valence-electron chi connectivity index (χ3n) is 5.91. The minimum absolute atomic E-state index is 0.00705. The summed E-state index contributed by atoms with van der Waals surface area (Å²) in [5.74, 6) is 2.51. The van der Waals surface area contributed by atoms with E-state index in [2.05, 4.69) is 58.8 Å². The van der Waals surface area contributed by atoms with E-state index < -0.39 is 0 Å². The molecule has 0 radical (unpaired) electrons. The molecule has 5 rings (SSSR count). The van der Waals surface area contributed by atoms with Gasteiger partial charge in [0.05, 0.1) is 21.3 Å². The van der Waals surface area contributed by atoms with Crippen molar-refractivity contribution in [1.29, 1.82) is 0 Å². The lowest BCUT2D eigenvalue weighted by Crippen LogP contribution is -2.02. The Kier molecular flexibility index (Phi) is 4.79. The number of rotatable bonds is 6. The number of methoxy groups -OCH3 is 3. The Morgan fingerprint density at radius 3 is 1.48 bits per heavy atom. The molecule has 0 bridgehead atoms. The first-order chi connectivity index (χ1) is 15.2. The fourth-order valence-corrected chi connectivity index (χ4v) is 4.30. The van der Waals surface area contributed by atoms with Crippen LogP contribution in [-0.4, -0.2) is 31.3 Å². The number of hydrogen-bond acceptors (Lipinski definition) is 3. The van der Waals surface area contributed by atoms with E-state index in [1.54, 1.807) is 21.3 Å². The lowest BCUT2D eigenvalue weighted by molar-refractivity contribution is 0.414. The van der Waals surface area contributed by atoms with Crippen LogP contribution in [0, 0.1) is 0 Å². The van der Waals surface area contributed by atoms with E-state index in [1.807, 2.05) is 24.3 Å². The predicted molar refractivity (Wildman–Crippen MR) is 124 cm³/mol. The number of aromatic nitrogens is 2. The van der Waals surface area contributed by atoms with Crippen LogP contribution in [0.15, 0.2) is 73.1 Å². The van der Waals surface area contributed by atoms with Gasteiger partial charge in [-0.05, 0) is 65.2 Å². The third-order valence-corrected chi connectivity index (χ3v) is 5.91. The van der Waals surface area contributed by atoms with Crippen LogP contribution >= 0.6 is 0 Å². The topological polar surface area (TPSA) is 59.3 Å². The molecular formula is C26H24N2O3. The molecular weight excluding hydrogens is 388 g/mol. The molecule has 5 heteroatoms. The number of nitrogens with one attached hydrogen (secondary N) is 2. The first kappa shape index (κ1) is 19.1. The molecule has 0 amide bonds. The second kappa shape index (κ2) is 7.76. The van der Waals surface area contributed by atoms with E-state index in [9.17, 15) is 0 Å². The molecule has 0 saturated carbocycles. The summed E-state index contributed by atoms with van der Waals surface area (Å²) >= 11 is 0. The zero-order chi connectivity index (χ0) is 21.4. The molecule has 0 atom stereocenters. The molecule has 2 heterocycles. The standard InChI is InChI=1S/C26H24N2O3/c1-29-17-6-4-16(5-7-17)26(22-14-27-24-10-8-18(30-2)12-20(22)24)23-15-28-25-11-9-19(31-3)13-21(23)25/h4-15,26-28H,1-3H3. The summed E-state index contributed by atoms with van der Waals surface area (Å²) in [6.45, 7) is 0. The molecule has 5 nitrogen and oxygen atoms in total. The molecule has 0 saturated heterocycles. The van der Waals surface area contributed by atoms with Crippen molar-refractivity contribution >= 4 is 21.8 Å². The highest BCUT2D eigenvalue weighted by Gasteiger charge is 2.24. The summed E-state index contributed by atoms with van der Waals surface area (Å²) in [5.41, 5.74) is 5.69. The molecule has 0 spiro atoms. The van der Waals surface area contributed by atoms with Crippen molar-refractivity contribution in [3.8, 4) is 17.2 Å². The number of ether oxygens (including phenoxy) is 3. The molecule has 0 fully saturated rings. The number of fused-ring (bicyclic) bond motifs is 2. The van der Waals surface area contributed by atoms with E-state index in [0.29, 0.717) is 0 Å². The Hall–Kier alpha value is -3.86. The first-order valence-corrected chi connectivity index (χ1v) is 10.2. The van der Waals surface area contributed by atoms with Gasteiger partial charge in [-0.1, -0.05) is 12.1 Å². The second-order valence-corrected chi connectivity index (χ2v) is 7.52. The van der Waals surface area contributed by atoms with Crippen LogP contribution in [0.4, 0.5) is 0 Å². The molecule has 31 heavy (non-hydrogen) atoms. The van der Waals surface area contributed by atoms with Crippen LogP contribution in [0.5, 0.6) is 17.2 Å². The lowest BCUT2D eigenvalue weighted by Gasteiger charge is -2.18. The van der Waals surface area contributed by atoms with E-state index >= 15 is 0 Å². The fraction of sp³-hybridized carbons (Fsp3) is 0.154. The fourth-order valence-electron chi connectivity index (χ4n) is 4.30. The minimum atomic E-state index is 0.00705. The molecule has 3 aromatic carbocycles. The Morgan fingerprint density at radius 1 is 0.581 bits per heavy atom. The van der Waals surface area contributed by atoms with Crippen molar-refractivity contribution < 1.29 is 14.2 Å². The zero-order valence-electron chi connectivity index (χ0n) is 17.7. The van der Waals surface area contributed by atoms with Gasteiger partial charge in [0.2, 0.25) is 0 Å². The monoisotopic (exact) mass is 412 g/mol. The predicted octanol–water partition coefficient (Wildman–Crippen LogP) is 5.86. The highest BCUT2D eigenvalue weighted by atomic mass is 16.5. The minimum Gasteiger partial charge on any atom is -0.497 e. The number of aromatic amines is 2. The maximum absolute atomic E-state index is 5.50. The van der Waals surface area contributed by atoms with E-state index in [1.165, 1.54) is 16.7 Å². The Bertz CT molecular complexity index is 1270. The van der Waals surface area contributed by atoms with Gasteiger partial charge < -0.3 is 24.2 Å². The van der Waals surface area contributed by atoms with E-state index in [0.717, 1.165) is 39.1 Å². The Morgan fingerprint density at radius 2 is 1.03 bits per heavy atom. The van der Waals surface area contributed by atoms with Crippen LogP contribution in [-0.2, 0) is 0 Å². The third kappa shape index (κ3) is 3.28.